The largest absolute Gasteiger partial charge is 0.455 e. The van der Waals surface area contributed by atoms with E-state index in [2.05, 4.69) is 0 Å². The highest BCUT2D eigenvalue weighted by Gasteiger charge is 2.22. The van der Waals surface area contributed by atoms with E-state index in [1.807, 2.05) is 42.5 Å². The monoisotopic (exact) mass is 258 g/mol. The van der Waals surface area contributed by atoms with Crippen molar-refractivity contribution in [1.29, 1.82) is 0 Å². The first-order chi connectivity index (χ1) is 8.54. The molecule has 0 aliphatic carbocycles. The third kappa shape index (κ3) is 2.00. The zero-order valence-electron chi connectivity index (χ0n) is 10.3. The van der Waals surface area contributed by atoms with E-state index in [4.69, 9.17) is 4.74 Å². The SMILES string of the molecule is CC(C)(O)c1ccc2c(c1)Sc1ccccc1O2. The number of ether oxygens (including phenoxy) is 1. The van der Waals surface area contributed by atoms with Crippen LogP contribution in [0.5, 0.6) is 11.5 Å². The quantitative estimate of drug-likeness (QED) is 0.710. The topological polar surface area (TPSA) is 29.5 Å². The molecule has 0 unspecified atom stereocenters. The fraction of sp³-hybridized carbons (Fsp3) is 0.200. The molecular formula is C15H14O2S. The number of rotatable bonds is 1. The van der Waals surface area contributed by atoms with E-state index in [9.17, 15) is 5.11 Å². The molecule has 0 atom stereocenters. The van der Waals surface area contributed by atoms with Crippen molar-refractivity contribution in [2.24, 2.45) is 0 Å². The van der Waals surface area contributed by atoms with E-state index in [1.54, 1.807) is 25.6 Å². The van der Waals surface area contributed by atoms with Crippen LogP contribution < -0.4 is 4.74 Å². The van der Waals surface area contributed by atoms with Gasteiger partial charge in [0, 0.05) is 0 Å². The first kappa shape index (κ1) is 11.6. The fourth-order valence-corrected chi connectivity index (χ4v) is 2.90. The van der Waals surface area contributed by atoms with E-state index in [0.29, 0.717) is 0 Å². The lowest BCUT2D eigenvalue weighted by atomic mass is 9.98. The van der Waals surface area contributed by atoms with E-state index in [1.165, 1.54) is 0 Å². The van der Waals surface area contributed by atoms with Gasteiger partial charge < -0.3 is 9.84 Å². The molecule has 0 radical (unpaired) electrons. The van der Waals surface area contributed by atoms with Crippen LogP contribution in [-0.4, -0.2) is 5.11 Å². The van der Waals surface area contributed by atoms with Gasteiger partial charge in [-0.2, -0.15) is 0 Å². The van der Waals surface area contributed by atoms with Gasteiger partial charge in [-0.3, -0.25) is 0 Å². The van der Waals surface area contributed by atoms with Crippen molar-refractivity contribution >= 4 is 11.8 Å². The summed E-state index contributed by atoms with van der Waals surface area (Å²) in [6, 6.07) is 13.8. The molecule has 0 aromatic heterocycles. The molecule has 2 aromatic carbocycles. The summed E-state index contributed by atoms with van der Waals surface area (Å²) in [6.07, 6.45) is 0. The number of hydrogen-bond donors (Lipinski definition) is 1. The van der Waals surface area contributed by atoms with E-state index < -0.39 is 5.60 Å². The third-order valence-electron chi connectivity index (χ3n) is 2.94. The average Bonchev–Trinajstić information content (AvgIpc) is 2.34. The maximum absolute atomic E-state index is 10.0. The summed E-state index contributed by atoms with van der Waals surface area (Å²) >= 11 is 1.68. The van der Waals surface area contributed by atoms with Gasteiger partial charge in [0.1, 0.15) is 11.5 Å². The predicted octanol–water partition coefficient (Wildman–Crippen LogP) is 4.17. The van der Waals surface area contributed by atoms with Gasteiger partial charge in [-0.15, -0.1) is 0 Å². The Morgan fingerprint density at radius 3 is 2.50 bits per heavy atom. The molecule has 18 heavy (non-hydrogen) atoms. The van der Waals surface area contributed by atoms with Gasteiger partial charge in [0.15, 0.2) is 0 Å². The van der Waals surface area contributed by atoms with Gasteiger partial charge in [0.05, 0.1) is 15.4 Å². The Bertz CT molecular complexity index is 600. The standard InChI is InChI=1S/C15H14O2S/c1-15(2,16)10-7-8-12-14(9-10)18-13-6-4-3-5-11(13)17-12/h3-9,16H,1-2H3. The molecule has 0 saturated heterocycles. The highest BCUT2D eigenvalue weighted by Crippen LogP contribution is 2.47. The lowest BCUT2D eigenvalue weighted by molar-refractivity contribution is 0.0783. The normalized spacial score (nSPS) is 13.5. The number of hydrogen-bond acceptors (Lipinski definition) is 3. The van der Waals surface area contributed by atoms with E-state index >= 15 is 0 Å². The molecule has 1 heterocycles. The van der Waals surface area contributed by atoms with Gasteiger partial charge in [0.2, 0.25) is 0 Å². The van der Waals surface area contributed by atoms with E-state index in [0.717, 1.165) is 26.9 Å². The summed E-state index contributed by atoms with van der Waals surface area (Å²) in [5, 5.41) is 10.0. The highest BCUT2D eigenvalue weighted by atomic mass is 32.2. The number of benzene rings is 2. The van der Waals surface area contributed by atoms with Crippen LogP contribution in [0.25, 0.3) is 0 Å². The second-order valence-corrected chi connectivity index (χ2v) is 5.96. The summed E-state index contributed by atoms with van der Waals surface area (Å²) in [5.74, 6) is 1.75. The molecule has 1 N–H and O–H groups in total. The molecule has 3 heteroatoms. The molecule has 0 saturated carbocycles. The summed E-state index contributed by atoms with van der Waals surface area (Å²) in [5.41, 5.74) is 0.0729. The Balaban J connectivity index is 2.04. The van der Waals surface area contributed by atoms with Crippen LogP contribution in [-0.2, 0) is 5.60 Å². The molecule has 0 bridgehead atoms. The van der Waals surface area contributed by atoms with Crippen LogP contribution in [0.3, 0.4) is 0 Å². The van der Waals surface area contributed by atoms with Crippen LogP contribution in [0.1, 0.15) is 19.4 Å². The Morgan fingerprint density at radius 2 is 1.72 bits per heavy atom. The van der Waals surface area contributed by atoms with Gasteiger partial charge in [-0.1, -0.05) is 30.0 Å². The summed E-state index contributed by atoms with van der Waals surface area (Å²) < 4.78 is 5.84. The first-order valence-corrected chi connectivity index (χ1v) is 6.67. The molecule has 0 spiro atoms. The van der Waals surface area contributed by atoms with Crippen LogP contribution >= 0.6 is 11.8 Å². The van der Waals surface area contributed by atoms with Gasteiger partial charge in [-0.25, -0.2) is 0 Å². The molecule has 1 aliphatic heterocycles. The molecule has 0 fully saturated rings. The van der Waals surface area contributed by atoms with Crippen molar-refractivity contribution in [3.05, 3.63) is 48.0 Å². The van der Waals surface area contributed by atoms with Crippen molar-refractivity contribution in [2.45, 2.75) is 29.2 Å². The third-order valence-corrected chi connectivity index (χ3v) is 4.04. The molecule has 1 aliphatic rings. The smallest absolute Gasteiger partial charge is 0.141 e. The van der Waals surface area contributed by atoms with Crippen molar-refractivity contribution in [2.75, 3.05) is 0 Å². The Morgan fingerprint density at radius 1 is 1.00 bits per heavy atom. The maximum Gasteiger partial charge on any atom is 0.141 e. The maximum atomic E-state index is 10.0. The van der Waals surface area contributed by atoms with Crippen LogP contribution in [0.15, 0.2) is 52.3 Å². The minimum atomic E-state index is -0.827. The van der Waals surface area contributed by atoms with Crippen LogP contribution in [0.2, 0.25) is 0 Å². The second kappa shape index (κ2) is 4.04. The summed E-state index contributed by atoms with van der Waals surface area (Å²) in [4.78, 5) is 2.16. The minimum absolute atomic E-state index is 0.827. The Hall–Kier alpha value is -1.45. The van der Waals surface area contributed by atoms with E-state index in [-0.39, 0.29) is 0 Å². The molecule has 92 valence electrons. The number of aliphatic hydroxyl groups is 1. The number of para-hydroxylation sites is 1. The average molecular weight is 258 g/mol. The summed E-state index contributed by atoms with van der Waals surface area (Å²) in [6.45, 7) is 3.58. The zero-order chi connectivity index (χ0) is 12.8. The van der Waals surface area contributed by atoms with Crippen LogP contribution in [0, 0.1) is 0 Å². The Kier molecular flexibility index (Phi) is 2.61. The highest BCUT2D eigenvalue weighted by molar-refractivity contribution is 7.99. The van der Waals surface area contributed by atoms with Crippen LogP contribution in [0.4, 0.5) is 0 Å². The molecule has 2 aromatic rings. The molecular weight excluding hydrogens is 244 g/mol. The lowest BCUT2D eigenvalue weighted by Gasteiger charge is -2.23. The van der Waals surface area contributed by atoms with Gasteiger partial charge in [0.25, 0.3) is 0 Å². The van der Waals surface area contributed by atoms with Crippen molar-refractivity contribution < 1.29 is 9.84 Å². The molecule has 2 nitrogen and oxygen atoms in total. The Labute approximate surface area is 111 Å². The predicted molar refractivity (Wildman–Crippen MR) is 72.3 cm³/mol. The van der Waals surface area contributed by atoms with Gasteiger partial charge >= 0.3 is 0 Å². The molecule has 0 amide bonds. The van der Waals surface area contributed by atoms with Crippen molar-refractivity contribution in [3.63, 3.8) is 0 Å². The fourth-order valence-electron chi connectivity index (χ4n) is 1.91. The second-order valence-electron chi connectivity index (χ2n) is 4.87. The summed E-state index contributed by atoms with van der Waals surface area (Å²) in [7, 11) is 0. The van der Waals surface area contributed by atoms with Gasteiger partial charge in [-0.05, 0) is 43.7 Å². The van der Waals surface area contributed by atoms with Crippen molar-refractivity contribution in [3.8, 4) is 11.5 Å². The van der Waals surface area contributed by atoms with Crippen molar-refractivity contribution in [1.82, 2.24) is 0 Å². The number of fused-ring (bicyclic) bond motifs is 2. The molecule has 3 rings (SSSR count). The lowest BCUT2D eigenvalue weighted by Crippen LogP contribution is -2.15. The minimum Gasteiger partial charge on any atom is -0.455 e. The first-order valence-electron chi connectivity index (χ1n) is 5.86. The zero-order valence-corrected chi connectivity index (χ0v) is 11.1.